The number of nitrogens with one attached hydrogen (secondary N) is 1. The number of ether oxygens (including phenoxy) is 1. The van der Waals surface area contributed by atoms with E-state index in [4.69, 9.17) is 16.3 Å². The Bertz CT molecular complexity index is 300. The van der Waals surface area contributed by atoms with Gasteiger partial charge < -0.3 is 10.1 Å². The zero-order valence-electron chi connectivity index (χ0n) is 7.47. The van der Waals surface area contributed by atoms with Gasteiger partial charge in [-0.05, 0) is 7.05 Å². The minimum absolute atomic E-state index is 0.146. The van der Waals surface area contributed by atoms with Crippen LogP contribution < -0.4 is 5.32 Å². The van der Waals surface area contributed by atoms with Crippen LogP contribution in [0.3, 0.4) is 0 Å². The van der Waals surface area contributed by atoms with E-state index in [0.29, 0.717) is 0 Å². The van der Waals surface area contributed by atoms with Gasteiger partial charge in [-0.15, -0.1) is 11.3 Å². The third-order valence-corrected chi connectivity index (χ3v) is 3.73. The second kappa shape index (κ2) is 3.96. The largest absolute Gasteiger partial charge is 0.372 e. The molecule has 1 aliphatic heterocycles. The van der Waals surface area contributed by atoms with Crippen LogP contribution >= 0.6 is 22.9 Å². The molecule has 0 aromatic carbocycles. The molecule has 0 fully saturated rings. The van der Waals surface area contributed by atoms with Crippen molar-refractivity contribution < 1.29 is 4.74 Å². The molecule has 1 atom stereocenters. The molecular formula is C9H12ClNOS. The van der Waals surface area contributed by atoms with Crippen molar-refractivity contribution in [2.45, 2.75) is 12.5 Å². The minimum atomic E-state index is 0.146. The topological polar surface area (TPSA) is 21.3 Å². The molecule has 0 spiro atoms. The molecule has 2 rings (SSSR count). The maximum atomic E-state index is 6.09. The standard InChI is InChI=1S/C9H12ClNOS/c1-11-4-7-9-6(10)5-13-8(9)2-3-12-7/h5,7,11H,2-4H2,1H3. The lowest BCUT2D eigenvalue weighted by molar-refractivity contribution is 0.0452. The van der Waals surface area contributed by atoms with E-state index in [9.17, 15) is 0 Å². The molecule has 1 aromatic heterocycles. The number of fused-ring (bicyclic) bond motifs is 1. The summed E-state index contributed by atoms with van der Waals surface area (Å²) in [5.74, 6) is 0. The highest BCUT2D eigenvalue weighted by atomic mass is 35.5. The van der Waals surface area contributed by atoms with Gasteiger partial charge in [0.25, 0.3) is 0 Å². The second-order valence-corrected chi connectivity index (χ2v) is 4.46. The molecule has 0 bridgehead atoms. The van der Waals surface area contributed by atoms with Crippen molar-refractivity contribution >= 4 is 22.9 Å². The SMILES string of the molecule is CNCC1OCCc2scc(Cl)c21. The minimum Gasteiger partial charge on any atom is -0.372 e. The molecule has 1 aliphatic rings. The average Bonchev–Trinajstić information content (AvgIpc) is 2.50. The maximum Gasteiger partial charge on any atom is 0.0974 e. The van der Waals surface area contributed by atoms with Crippen LogP contribution in [0.15, 0.2) is 5.38 Å². The van der Waals surface area contributed by atoms with Crippen LogP contribution in [0.2, 0.25) is 5.02 Å². The van der Waals surface area contributed by atoms with Crippen LogP contribution in [-0.4, -0.2) is 20.2 Å². The van der Waals surface area contributed by atoms with E-state index in [1.807, 2.05) is 12.4 Å². The Labute approximate surface area is 86.9 Å². The van der Waals surface area contributed by atoms with Crippen LogP contribution in [0.25, 0.3) is 0 Å². The van der Waals surface area contributed by atoms with Gasteiger partial charge >= 0.3 is 0 Å². The predicted octanol–water partition coefficient (Wildman–Crippen LogP) is 2.23. The van der Waals surface area contributed by atoms with E-state index >= 15 is 0 Å². The van der Waals surface area contributed by atoms with Gasteiger partial charge in [0.2, 0.25) is 0 Å². The summed E-state index contributed by atoms with van der Waals surface area (Å²) in [5.41, 5.74) is 1.20. The first-order chi connectivity index (χ1) is 6.33. The number of rotatable bonds is 2. The van der Waals surface area contributed by atoms with Crippen molar-refractivity contribution in [3.63, 3.8) is 0 Å². The van der Waals surface area contributed by atoms with Crippen molar-refractivity contribution in [2.75, 3.05) is 20.2 Å². The number of hydrogen-bond acceptors (Lipinski definition) is 3. The Hall–Kier alpha value is -0.0900. The first-order valence-corrected chi connectivity index (χ1v) is 5.60. The summed E-state index contributed by atoms with van der Waals surface area (Å²) in [6.45, 7) is 1.65. The Morgan fingerprint density at radius 1 is 1.77 bits per heavy atom. The number of thiophene rings is 1. The van der Waals surface area contributed by atoms with Crippen molar-refractivity contribution in [1.82, 2.24) is 5.32 Å². The van der Waals surface area contributed by atoms with Gasteiger partial charge in [0, 0.05) is 28.8 Å². The Kier molecular flexibility index (Phi) is 2.89. The summed E-state index contributed by atoms with van der Waals surface area (Å²) in [5, 5.41) is 5.98. The maximum absolute atomic E-state index is 6.09. The van der Waals surface area contributed by atoms with E-state index in [1.165, 1.54) is 10.4 Å². The van der Waals surface area contributed by atoms with Crippen LogP contribution in [0.4, 0.5) is 0 Å². The molecule has 13 heavy (non-hydrogen) atoms. The Morgan fingerprint density at radius 2 is 2.62 bits per heavy atom. The van der Waals surface area contributed by atoms with Gasteiger partial charge in [-0.25, -0.2) is 0 Å². The highest BCUT2D eigenvalue weighted by Gasteiger charge is 2.24. The highest BCUT2D eigenvalue weighted by molar-refractivity contribution is 7.10. The van der Waals surface area contributed by atoms with E-state index in [2.05, 4.69) is 5.32 Å². The third-order valence-electron chi connectivity index (χ3n) is 2.22. The van der Waals surface area contributed by atoms with E-state index in [1.54, 1.807) is 11.3 Å². The predicted molar refractivity (Wildman–Crippen MR) is 55.7 cm³/mol. The first-order valence-electron chi connectivity index (χ1n) is 4.35. The molecule has 1 unspecified atom stereocenters. The Morgan fingerprint density at radius 3 is 3.38 bits per heavy atom. The summed E-state index contributed by atoms with van der Waals surface area (Å²) in [6, 6.07) is 0. The smallest absolute Gasteiger partial charge is 0.0974 e. The van der Waals surface area contributed by atoms with Crippen molar-refractivity contribution in [3.8, 4) is 0 Å². The van der Waals surface area contributed by atoms with Crippen LogP contribution in [0.1, 0.15) is 16.5 Å². The van der Waals surface area contributed by atoms with Crippen LogP contribution in [0, 0.1) is 0 Å². The quantitative estimate of drug-likeness (QED) is 0.821. The molecule has 0 saturated carbocycles. The molecule has 1 N–H and O–H groups in total. The summed E-state index contributed by atoms with van der Waals surface area (Å²) in [4.78, 5) is 1.39. The lowest BCUT2D eigenvalue weighted by atomic mass is 10.1. The van der Waals surface area contributed by atoms with Gasteiger partial charge in [-0.3, -0.25) is 0 Å². The monoisotopic (exact) mass is 217 g/mol. The fraction of sp³-hybridized carbons (Fsp3) is 0.556. The van der Waals surface area contributed by atoms with Crippen molar-refractivity contribution in [1.29, 1.82) is 0 Å². The molecule has 2 nitrogen and oxygen atoms in total. The van der Waals surface area contributed by atoms with Gasteiger partial charge in [-0.2, -0.15) is 0 Å². The molecular weight excluding hydrogens is 206 g/mol. The second-order valence-electron chi connectivity index (χ2n) is 3.09. The zero-order chi connectivity index (χ0) is 9.26. The molecule has 2 heterocycles. The van der Waals surface area contributed by atoms with Gasteiger partial charge in [-0.1, -0.05) is 11.6 Å². The fourth-order valence-electron chi connectivity index (χ4n) is 1.63. The normalized spacial score (nSPS) is 21.5. The molecule has 4 heteroatoms. The Balaban J connectivity index is 2.29. The van der Waals surface area contributed by atoms with Crippen molar-refractivity contribution in [3.05, 3.63) is 20.8 Å². The van der Waals surface area contributed by atoms with E-state index < -0.39 is 0 Å². The van der Waals surface area contributed by atoms with Gasteiger partial charge in [0.05, 0.1) is 17.7 Å². The highest BCUT2D eigenvalue weighted by Crippen LogP contribution is 2.37. The molecule has 0 saturated heterocycles. The average molecular weight is 218 g/mol. The molecule has 72 valence electrons. The first kappa shape index (κ1) is 9.46. The summed E-state index contributed by atoms with van der Waals surface area (Å²) >= 11 is 7.83. The fourth-order valence-corrected chi connectivity index (χ4v) is 3.00. The summed E-state index contributed by atoms with van der Waals surface area (Å²) in [7, 11) is 1.93. The third kappa shape index (κ3) is 1.74. The van der Waals surface area contributed by atoms with E-state index in [-0.39, 0.29) is 6.10 Å². The lowest BCUT2D eigenvalue weighted by Crippen LogP contribution is -2.24. The summed E-state index contributed by atoms with van der Waals surface area (Å²) < 4.78 is 5.64. The molecule has 0 radical (unpaired) electrons. The summed E-state index contributed by atoms with van der Waals surface area (Å²) in [6.07, 6.45) is 1.15. The van der Waals surface area contributed by atoms with E-state index in [0.717, 1.165) is 24.6 Å². The van der Waals surface area contributed by atoms with Gasteiger partial charge in [0.1, 0.15) is 0 Å². The van der Waals surface area contributed by atoms with Crippen molar-refractivity contribution in [2.24, 2.45) is 0 Å². The molecule has 0 aliphatic carbocycles. The number of halogens is 1. The van der Waals surface area contributed by atoms with Crippen LogP contribution in [0.5, 0.6) is 0 Å². The number of hydrogen-bond donors (Lipinski definition) is 1. The molecule has 0 amide bonds. The molecule has 1 aromatic rings. The number of likely N-dealkylation sites (N-methyl/N-ethyl adjacent to an activating group) is 1. The lowest BCUT2D eigenvalue weighted by Gasteiger charge is -2.23. The van der Waals surface area contributed by atoms with Gasteiger partial charge in [0.15, 0.2) is 0 Å². The van der Waals surface area contributed by atoms with Crippen LogP contribution in [-0.2, 0) is 11.2 Å². The zero-order valence-corrected chi connectivity index (χ0v) is 9.04.